The lowest BCUT2D eigenvalue weighted by Gasteiger charge is -2.22. The van der Waals surface area contributed by atoms with Crippen LogP contribution in [0.1, 0.15) is 53.4 Å². The number of benzene rings is 2. The zero-order valence-corrected chi connectivity index (χ0v) is 22.2. The van der Waals surface area contributed by atoms with Gasteiger partial charge in [-0.05, 0) is 43.2 Å². The van der Waals surface area contributed by atoms with Crippen molar-refractivity contribution in [2.75, 3.05) is 5.75 Å². The van der Waals surface area contributed by atoms with Gasteiger partial charge in [-0.25, -0.2) is 0 Å². The number of ketones is 1. The third-order valence-corrected chi connectivity index (χ3v) is 7.21. The minimum Gasteiger partial charge on any atom is -0.342 e. The Kier molecular flexibility index (Phi) is 8.98. The number of nitrogens with one attached hydrogen (secondary N) is 1. The smallest absolute Gasteiger partial charge is 0.251 e. The molecule has 3 rings (SSSR count). The van der Waals surface area contributed by atoms with Gasteiger partial charge < -0.3 is 9.88 Å². The molecule has 2 aromatic carbocycles. The van der Waals surface area contributed by atoms with Gasteiger partial charge in [0.1, 0.15) is 0 Å². The number of carbonyl (C=O) groups is 2. The maximum atomic E-state index is 12.9. The van der Waals surface area contributed by atoms with Crippen LogP contribution in [0.15, 0.2) is 52.1 Å². The molecule has 1 N–H and O–H groups in total. The Morgan fingerprint density at radius 3 is 2.33 bits per heavy atom. The number of amides is 1. The molecule has 0 saturated carbocycles. The molecule has 0 aliphatic carbocycles. The van der Waals surface area contributed by atoms with Crippen molar-refractivity contribution >= 4 is 62.6 Å². The summed E-state index contributed by atoms with van der Waals surface area (Å²) in [4.78, 5) is 25.4. The number of Topliss-reactive ketones (excluding diaryl/α,β-unsaturated/α-hetero) is 1. The maximum absolute atomic E-state index is 12.9. The van der Waals surface area contributed by atoms with Crippen molar-refractivity contribution in [2.45, 2.75) is 38.5 Å². The molecule has 0 aliphatic heterocycles. The van der Waals surface area contributed by atoms with Crippen LogP contribution in [0.2, 0.25) is 10.0 Å². The van der Waals surface area contributed by atoms with Crippen LogP contribution < -0.4 is 5.32 Å². The van der Waals surface area contributed by atoms with Crippen LogP contribution in [0.25, 0.3) is 0 Å². The van der Waals surface area contributed by atoms with E-state index in [1.165, 1.54) is 17.8 Å². The molecule has 10 heteroatoms. The summed E-state index contributed by atoms with van der Waals surface area (Å²) in [6.07, 6.45) is 0. The van der Waals surface area contributed by atoms with Crippen LogP contribution in [0.3, 0.4) is 0 Å². The fourth-order valence-electron chi connectivity index (χ4n) is 3.17. The third-order valence-electron chi connectivity index (χ3n) is 4.97. The highest BCUT2D eigenvalue weighted by atomic mass is 79.9. The predicted molar refractivity (Wildman–Crippen MR) is 136 cm³/mol. The van der Waals surface area contributed by atoms with Crippen LogP contribution in [-0.4, -0.2) is 32.2 Å². The van der Waals surface area contributed by atoms with E-state index in [9.17, 15) is 9.59 Å². The lowest BCUT2D eigenvalue weighted by Crippen LogP contribution is -2.33. The molecule has 3 aromatic rings. The van der Waals surface area contributed by atoms with Gasteiger partial charge in [0.15, 0.2) is 16.8 Å². The van der Waals surface area contributed by atoms with E-state index in [0.717, 1.165) is 4.47 Å². The van der Waals surface area contributed by atoms with E-state index >= 15 is 0 Å². The molecule has 0 radical (unpaired) electrons. The van der Waals surface area contributed by atoms with Gasteiger partial charge in [-0.3, -0.25) is 9.59 Å². The van der Waals surface area contributed by atoms with Crippen LogP contribution in [0, 0.1) is 5.92 Å². The average Bonchev–Trinajstić information content (AvgIpc) is 3.20. The van der Waals surface area contributed by atoms with Gasteiger partial charge in [-0.2, -0.15) is 0 Å². The first kappa shape index (κ1) is 25.7. The monoisotopic (exact) mass is 568 g/mol. The number of hydrogen-bond donors (Lipinski definition) is 1. The molecule has 1 atom stereocenters. The molecule has 6 nitrogen and oxygen atoms in total. The van der Waals surface area contributed by atoms with Crippen molar-refractivity contribution in [1.29, 1.82) is 0 Å². The molecule has 0 spiro atoms. The van der Waals surface area contributed by atoms with Crippen LogP contribution >= 0.6 is 50.9 Å². The highest BCUT2D eigenvalue weighted by Gasteiger charge is 2.26. The fraction of sp³-hybridized carbons (Fsp3) is 0.304. The first-order valence-electron chi connectivity index (χ1n) is 10.3. The number of rotatable bonds is 9. The van der Waals surface area contributed by atoms with E-state index in [1.54, 1.807) is 24.3 Å². The van der Waals surface area contributed by atoms with Gasteiger partial charge >= 0.3 is 0 Å². The van der Waals surface area contributed by atoms with Crippen molar-refractivity contribution in [3.63, 3.8) is 0 Å². The zero-order chi connectivity index (χ0) is 24.1. The van der Waals surface area contributed by atoms with Gasteiger partial charge in [0.05, 0.1) is 21.8 Å². The molecule has 1 aromatic heterocycles. The number of carbonyl (C=O) groups excluding carboxylic acids is 2. The first-order valence-corrected chi connectivity index (χ1v) is 12.8. The SMILES string of the molecule is CCn1c(SCC(=O)c2ccc(Br)cc2)nnc1[C@@H](NC(=O)c1ccc(Cl)c(Cl)c1)C(C)C. The zero-order valence-electron chi connectivity index (χ0n) is 18.3. The Bertz CT molecular complexity index is 1150. The molecule has 33 heavy (non-hydrogen) atoms. The van der Waals surface area contributed by atoms with Crippen LogP contribution in [0.4, 0.5) is 0 Å². The minimum absolute atomic E-state index is 0.00744. The summed E-state index contributed by atoms with van der Waals surface area (Å²) in [5.74, 6) is 0.653. The second kappa shape index (κ2) is 11.5. The number of nitrogens with zero attached hydrogens (tertiary/aromatic N) is 3. The average molecular weight is 570 g/mol. The minimum atomic E-state index is -0.379. The topological polar surface area (TPSA) is 76.9 Å². The second-order valence-electron chi connectivity index (χ2n) is 7.63. The number of hydrogen-bond acceptors (Lipinski definition) is 5. The largest absolute Gasteiger partial charge is 0.342 e. The van der Waals surface area contributed by atoms with E-state index in [-0.39, 0.29) is 29.4 Å². The van der Waals surface area contributed by atoms with Gasteiger partial charge in [-0.15, -0.1) is 10.2 Å². The van der Waals surface area contributed by atoms with Crippen molar-refractivity contribution < 1.29 is 9.59 Å². The van der Waals surface area contributed by atoms with Crippen molar-refractivity contribution in [2.24, 2.45) is 5.92 Å². The molecular formula is C23H23BrCl2N4O2S. The molecule has 174 valence electrons. The summed E-state index contributed by atoms with van der Waals surface area (Å²) in [7, 11) is 0. The fourth-order valence-corrected chi connectivity index (χ4v) is 4.64. The summed E-state index contributed by atoms with van der Waals surface area (Å²) in [6, 6.07) is 11.6. The molecule has 0 saturated heterocycles. The predicted octanol–water partition coefficient (Wildman–Crippen LogP) is 6.47. The summed E-state index contributed by atoms with van der Waals surface area (Å²) in [5.41, 5.74) is 1.05. The third kappa shape index (κ3) is 6.38. The van der Waals surface area contributed by atoms with Crippen molar-refractivity contribution in [3.8, 4) is 0 Å². The van der Waals surface area contributed by atoms with Gasteiger partial charge in [0.2, 0.25) is 0 Å². The number of halogens is 3. The molecular weight excluding hydrogens is 547 g/mol. The Morgan fingerprint density at radius 1 is 1.06 bits per heavy atom. The molecule has 0 bridgehead atoms. The summed E-state index contributed by atoms with van der Waals surface area (Å²) < 4.78 is 2.85. The molecule has 0 unspecified atom stereocenters. The van der Waals surface area contributed by atoms with Crippen LogP contribution in [0.5, 0.6) is 0 Å². The second-order valence-corrected chi connectivity index (χ2v) is 10.3. The normalized spacial score (nSPS) is 12.1. The van der Waals surface area contributed by atoms with E-state index < -0.39 is 0 Å². The summed E-state index contributed by atoms with van der Waals surface area (Å²) >= 11 is 16.7. The highest BCUT2D eigenvalue weighted by molar-refractivity contribution is 9.10. The van der Waals surface area contributed by atoms with Crippen LogP contribution in [-0.2, 0) is 6.54 Å². The van der Waals surface area contributed by atoms with Gasteiger partial charge in [0.25, 0.3) is 5.91 Å². The van der Waals surface area contributed by atoms with Crippen molar-refractivity contribution in [3.05, 3.63) is 73.9 Å². The van der Waals surface area contributed by atoms with Gasteiger partial charge in [-0.1, -0.05) is 76.9 Å². The quantitative estimate of drug-likeness (QED) is 0.236. The maximum Gasteiger partial charge on any atom is 0.251 e. The molecule has 1 amide bonds. The standard InChI is InChI=1S/C23H23BrCl2N4O2S/c1-4-30-21(20(13(2)3)27-22(32)15-7-10-17(25)18(26)11-15)28-29-23(30)33-12-19(31)14-5-8-16(24)9-6-14/h5-11,13,20H,4,12H2,1-3H3,(H,27,32)/t20-/m0/s1. The van der Waals surface area contributed by atoms with E-state index in [2.05, 4.69) is 31.4 Å². The Balaban J connectivity index is 1.77. The number of aromatic nitrogens is 3. The number of thioether (sulfide) groups is 1. The molecule has 0 fully saturated rings. The highest BCUT2D eigenvalue weighted by Crippen LogP contribution is 2.27. The molecule has 1 heterocycles. The molecule has 0 aliphatic rings. The van der Waals surface area contributed by atoms with Gasteiger partial charge in [0, 0.05) is 22.1 Å². The Hall–Kier alpha value is -1.87. The van der Waals surface area contributed by atoms with E-state index in [0.29, 0.717) is 38.7 Å². The lowest BCUT2D eigenvalue weighted by molar-refractivity contribution is 0.0921. The van der Waals surface area contributed by atoms with Crippen molar-refractivity contribution in [1.82, 2.24) is 20.1 Å². The summed E-state index contributed by atoms with van der Waals surface area (Å²) in [5, 5.41) is 13.0. The Morgan fingerprint density at radius 2 is 1.73 bits per heavy atom. The lowest BCUT2D eigenvalue weighted by atomic mass is 10.0. The summed E-state index contributed by atoms with van der Waals surface area (Å²) in [6.45, 7) is 6.57. The first-order chi connectivity index (χ1) is 15.7. The Labute approximate surface area is 215 Å². The van der Waals surface area contributed by atoms with E-state index in [1.807, 2.05) is 37.5 Å². The van der Waals surface area contributed by atoms with E-state index in [4.69, 9.17) is 23.2 Å².